The molecule has 1 atom stereocenters. The van der Waals surface area contributed by atoms with Crippen LogP contribution in [-0.4, -0.2) is 57.0 Å². The van der Waals surface area contributed by atoms with Crippen molar-refractivity contribution < 1.29 is 8.42 Å². The quantitative estimate of drug-likeness (QED) is 0.635. The van der Waals surface area contributed by atoms with Gasteiger partial charge in [0.15, 0.2) is 9.84 Å². The Bertz CT molecular complexity index is 299. The molecule has 1 unspecified atom stereocenters. The second-order valence-corrected chi connectivity index (χ2v) is 7.16. The molecule has 0 aromatic carbocycles. The Morgan fingerprint density at radius 1 is 1.44 bits per heavy atom. The molecular weight excluding hydrogens is 224 g/mol. The van der Waals surface area contributed by atoms with Crippen LogP contribution in [-0.2, 0) is 9.84 Å². The van der Waals surface area contributed by atoms with Crippen LogP contribution in [0.15, 0.2) is 0 Å². The average molecular weight is 248 g/mol. The smallest absolute Gasteiger partial charge is 0.151 e. The molecule has 0 heterocycles. The van der Waals surface area contributed by atoms with Gasteiger partial charge in [-0.2, -0.15) is 0 Å². The first kappa shape index (κ1) is 13.9. The van der Waals surface area contributed by atoms with Crippen molar-refractivity contribution in [3.05, 3.63) is 0 Å². The number of likely N-dealkylation sites (N-methyl/N-ethyl adjacent to an activating group) is 1. The molecular formula is C11H24N2O2S. The first-order chi connectivity index (χ1) is 7.46. The van der Waals surface area contributed by atoms with E-state index in [9.17, 15) is 8.42 Å². The summed E-state index contributed by atoms with van der Waals surface area (Å²) in [6, 6.07) is 1.24. The summed E-state index contributed by atoms with van der Waals surface area (Å²) in [4.78, 5) is 2.38. The lowest BCUT2D eigenvalue weighted by atomic mass is 10.3. The standard InChI is InChI=1S/C11H24N2O2S/c1-4-16(14,15)8-7-12-9-10(2)13(3)11-5-6-11/h10-12H,4-9H2,1-3H3. The second kappa shape index (κ2) is 5.98. The summed E-state index contributed by atoms with van der Waals surface area (Å²) < 4.78 is 22.5. The number of nitrogens with one attached hydrogen (secondary N) is 1. The van der Waals surface area contributed by atoms with E-state index in [1.165, 1.54) is 12.8 Å². The van der Waals surface area contributed by atoms with Gasteiger partial charge in [0, 0.05) is 30.9 Å². The number of hydrogen-bond donors (Lipinski definition) is 1. The van der Waals surface area contributed by atoms with Crippen LogP contribution >= 0.6 is 0 Å². The molecule has 0 spiro atoms. The van der Waals surface area contributed by atoms with Crippen molar-refractivity contribution >= 4 is 9.84 Å². The fourth-order valence-corrected chi connectivity index (χ4v) is 2.41. The molecule has 1 fully saturated rings. The van der Waals surface area contributed by atoms with Crippen LogP contribution in [0.5, 0.6) is 0 Å². The van der Waals surface area contributed by atoms with E-state index in [-0.39, 0.29) is 11.5 Å². The van der Waals surface area contributed by atoms with Gasteiger partial charge in [-0.15, -0.1) is 0 Å². The van der Waals surface area contributed by atoms with Crippen LogP contribution in [0.3, 0.4) is 0 Å². The van der Waals surface area contributed by atoms with E-state index in [2.05, 4.69) is 24.2 Å². The topological polar surface area (TPSA) is 49.4 Å². The molecule has 5 heteroatoms. The summed E-state index contributed by atoms with van der Waals surface area (Å²) in [5.74, 6) is 0.496. The zero-order valence-corrected chi connectivity index (χ0v) is 11.4. The molecule has 0 aromatic rings. The van der Waals surface area contributed by atoms with Gasteiger partial charge in [-0.25, -0.2) is 8.42 Å². The van der Waals surface area contributed by atoms with Crippen molar-refractivity contribution in [2.75, 3.05) is 31.6 Å². The first-order valence-corrected chi connectivity index (χ1v) is 7.91. The normalized spacial score (nSPS) is 19.0. The van der Waals surface area contributed by atoms with E-state index in [4.69, 9.17) is 0 Å². The third kappa shape index (κ3) is 4.80. The molecule has 1 N–H and O–H groups in total. The highest BCUT2D eigenvalue weighted by Crippen LogP contribution is 2.26. The van der Waals surface area contributed by atoms with Gasteiger partial charge in [-0.05, 0) is 26.8 Å². The Morgan fingerprint density at radius 3 is 2.56 bits per heavy atom. The highest BCUT2D eigenvalue weighted by Gasteiger charge is 2.28. The van der Waals surface area contributed by atoms with E-state index in [1.54, 1.807) is 6.92 Å². The maximum Gasteiger partial charge on any atom is 0.151 e. The van der Waals surface area contributed by atoms with Crippen molar-refractivity contribution in [1.82, 2.24) is 10.2 Å². The van der Waals surface area contributed by atoms with Gasteiger partial charge in [0.25, 0.3) is 0 Å². The van der Waals surface area contributed by atoms with E-state index in [0.29, 0.717) is 12.6 Å². The predicted octanol–water partition coefficient (Wildman–Crippen LogP) is 0.493. The lowest BCUT2D eigenvalue weighted by molar-refractivity contribution is 0.242. The average Bonchev–Trinajstić information content (AvgIpc) is 3.06. The van der Waals surface area contributed by atoms with Gasteiger partial charge in [0.1, 0.15) is 0 Å². The van der Waals surface area contributed by atoms with Crippen molar-refractivity contribution in [2.24, 2.45) is 0 Å². The van der Waals surface area contributed by atoms with Gasteiger partial charge in [-0.3, -0.25) is 4.90 Å². The molecule has 1 saturated carbocycles. The number of hydrogen-bond acceptors (Lipinski definition) is 4. The SMILES string of the molecule is CCS(=O)(=O)CCNCC(C)N(C)C1CC1. The maximum atomic E-state index is 11.2. The zero-order chi connectivity index (χ0) is 12.2. The molecule has 0 aliphatic heterocycles. The van der Waals surface area contributed by atoms with Crippen LogP contribution in [0.2, 0.25) is 0 Å². The van der Waals surface area contributed by atoms with E-state index >= 15 is 0 Å². The molecule has 16 heavy (non-hydrogen) atoms. The Hall–Kier alpha value is -0.130. The minimum atomic E-state index is -2.82. The minimum absolute atomic E-state index is 0.242. The second-order valence-electron chi connectivity index (χ2n) is 4.69. The Kier molecular flexibility index (Phi) is 5.21. The number of nitrogens with zero attached hydrogens (tertiary/aromatic N) is 1. The Morgan fingerprint density at radius 2 is 2.06 bits per heavy atom. The molecule has 96 valence electrons. The number of rotatable bonds is 8. The van der Waals surface area contributed by atoms with E-state index in [1.807, 2.05) is 0 Å². The fraction of sp³-hybridized carbons (Fsp3) is 1.00. The Balaban J connectivity index is 2.10. The lowest BCUT2D eigenvalue weighted by Crippen LogP contribution is -2.40. The van der Waals surface area contributed by atoms with Crippen molar-refractivity contribution in [1.29, 1.82) is 0 Å². The highest BCUT2D eigenvalue weighted by molar-refractivity contribution is 7.91. The van der Waals surface area contributed by atoms with Gasteiger partial charge in [0.05, 0.1) is 5.75 Å². The predicted molar refractivity (Wildman–Crippen MR) is 67.4 cm³/mol. The largest absolute Gasteiger partial charge is 0.314 e. The van der Waals surface area contributed by atoms with Crippen LogP contribution in [0.25, 0.3) is 0 Å². The zero-order valence-electron chi connectivity index (χ0n) is 10.6. The molecule has 4 nitrogen and oxygen atoms in total. The maximum absolute atomic E-state index is 11.2. The molecule has 0 bridgehead atoms. The molecule has 1 aliphatic carbocycles. The van der Waals surface area contributed by atoms with Crippen LogP contribution < -0.4 is 5.32 Å². The molecule has 0 amide bonds. The fourth-order valence-electron chi connectivity index (χ4n) is 1.67. The van der Waals surface area contributed by atoms with Crippen LogP contribution in [0.1, 0.15) is 26.7 Å². The summed E-state index contributed by atoms with van der Waals surface area (Å²) in [7, 11) is -0.672. The first-order valence-electron chi connectivity index (χ1n) is 6.09. The van der Waals surface area contributed by atoms with Gasteiger partial charge in [0.2, 0.25) is 0 Å². The monoisotopic (exact) mass is 248 g/mol. The van der Waals surface area contributed by atoms with Crippen LogP contribution in [0.4, 0.5) is 0 Å². The summed E-state index contributed by atoms with van der Waals surface area (Å²) in [5.41, 5.74) is 0. The van der Waals surface area contributed by atoms with Gasteiger partial charge < -0.3 is 5.32 Å². The highest BCUT2D eigenvalue weighted by atomic mass is 32.2. The minimum Gasteiger partial charge on any atom is -0.314 e. The molecule has 1 rings (SSSR count). The summed E-state index contributed by atoms with van der Waals surface area (Å²) >= 11 is 0. The van der Waals surface area contributed by atoms with Crippen molar-refractivity contribution in [3.63, 3.8) is 0 Å². The van der Waals surface area contributed by atoms with E-state index < -0.39 is 9.84 Å². The van der Waals surface area contributed by atoms with Gasteiger partial charge >= 0.3 is 0 Å². The molecule has 0 saturated heterocycles. The van der Waals surface area contributed by atoms with Gasteiger partial charge in [-0.1, -0.05) is 6.92 Å². The van der Waals surface area contributed by atoms with Crippen molar-refractivity contribution in [3.8, 4) is 0 Å². The molecule has 0 radical (unpaired) electrons. The Labute approximate surface area is 99.3 Å². The van der Waals surface area contributed by atoms with E-state index in [0.717, 1.165) is 12.6 Å². The number of sulfone groups is 1. The summed E-state index contributed by atoms with van der Waals surface area (Å²) in [6.45, 7) is 5.31. The summed E-state index contributed by atoms with van der Waals surface area (Å²) in [5, 5.41) is 3.22. The molecule has 0 aromatic heterocycles. The van der Waals surface area contributed by atoms with Crippen LogP contribution in [0, 0.1) is 0 Å². The molecule has 1 aliphatic rings. The third-order valence-corrected chi connectivity index (χ3v) is 4.99. The van der Waals surface area contributed by atoms with Crippen molar-refractivity contribution in [2.45, 2.75) is 38.8 Å². The third-order valence-electron chi connectivity index (χ3n) is 3.29. The lowest BCUT2D eigenvalue weighted by Gasteiger charge is -2.24. The summed E-state index contributed by atoms with van der Waals surface area (Å²) in [6.07, 6.45) is 2.62.